The lowest BCUT2D eigenvalue weighted by Crippen LogP contribution is -2.38. The summed E-state index contributed by atoms with van der Waals surface area (Å²) < 4.78 is 0. The van der Waals surface area contributed by atoms with E-state index in [1.54, 1.807) is 0 Å². The van der Waals surface area contributed by atoms with Gasteiger partial charge in [-0.05, 0) is 39.3 Å². The van der Waals surface area contributed by atoms with Crippen LogP contribution >= 0.6 is 0 Å². The Bertz CT molecular complexity index is 410. The molecule has 0 amide bonds. The van der Waals surface area contributed by atoms with Gasteiger partial charge in [0.25, 0.3) is 0 Å². The first-order valence-corrected chi connectivity index (χ1v) is 7.68. The largest absolute Gasteiger partial charge is 0.508 e. The summed E-state index contributed by atoms with van der Waals surface area (Å²) in [7, 11) is 0. The van der Waals surface area contributed by atoms with E-state index in [4.69, 9.17) is 0 Å². The lowest BCUT2D eigenvalue weighted by atomic mass is 9.92. The molecule has 19 heavy (non-hydrogen) atoms. The lowest BCUT2D eigenvalue weighted by Gasteiger charge is -2.38. The van der Waals surface area contributed by atoms with Crippen molar-refractivity contribution in [2.24, 2.45) is 0 Å². The second kappa shape index (κ2) is 6.42. The SMILES string of the molecule is CCN(C1CCCCC1)C(C)c1cc(C)ccc1O. The van der Waals surface area contributed by atoms with Crippen LogP contribution in [0.2, 0.25) is 0 Å². The Morgan fingerprint density at radius 2 is 1.95 bits per heavy atom. The second-order valence-electron chi connectivity index (χ2n) is 5.86. The molecule has 1 saturated carbocycles. The number of aromatic hydroxyl groups is 1. The number of rotatable bonds is 4. The van der Waals surface area contributed by atoms with Crippen molar-refractivity contribution in [3.05, 3.63) is 29.3 Å². The zero-order valence-corrected chi connectivity index (χ0v) is 12.5. The van der Waals surface area contributed by atoms with Crippen LogP contribution in [0.15, 0.2) is 18.2 Å². The van der Waals surface area contributed by atoms with E-state index in [0.29, 0.717) is 17.8 Å². The summed E-state index contributed by atoms with van der Waals surface area (Å²) in [5.74, 6) is 0.437. The van der Waals surface area contributed by atoms with Crippen molar-refractivity contribution in [3.8, 4) is 5.75 Å². The number of nitrogens with zero attached hydrogens (tertiary/aromatic N) is 1. The molecule has 0 radical (unpaired) electrons. The van der Waals surface area contributed by atoms with Crippen LogP contribution in [0.5, 0.6) is 5.75 Å². The van der Waals surface area contributed by atoms with Crippen LogP contribution in [0.3, 0.4) is 0 Å². The normalized spacial score (nSPS) is 18.7. The van der Waals surface area contributed by atoms with Crippen LogP contribution < -0.4 is 0 Å². The quantitative estimate of drug-likeness (QED) is 0.867. The Kier molecular flexibility index (Phi) is 4.87. The molecule has 0 aliphatic heterocycles. The van der Waals surface area contributed by atoms with Gasteiger partial charge in [0.05, 0.1) is 0 Å². The van der Waals surface area contributed by atoms with E-state index in [1.807, 2.05) is 12.1 Å². The van der Waals surface area contributed by atoms with Gasteiger partial charge in [-0.25, -0.2) is 0 Å². The van der Waals surface area contributed by atoms with Gasteiger partial charge >= 0.3 is 0 Å². The third kappa shape index (κ3) is 3.30. The van der Waals surface area contributed by atoms with E-state index >= 15 is 0 Å². The van der Waals surface area contributed by atoms with E-state index < -0.39 is 0 Å². The molecular formula is C17H27NO. The average molecular weight is 261 g/mol. The molecule has 2 rings (SSSR count). The minimum Gasteiger partial charge on any atom is -0.508 e. The summed E-state index contributed by atoms with van der Waals surface area (Å²) in [5.41, 5.74) is 2.30. The van der Waals surface area contributed by atoms with Gasteiger partial charge in [0.1, 0.15) is 5.75 Å². The summed E-state index contributed by atoms with van der Waals surface area (Å²) in [6.45, 7) is 7.61. The molecule has 1 aliphatic carbocycles. The van der Waals surface area contributed by atoms with Crippen molar-refractivity contribution < 1.29 is 5.11 Å². The molecule has 1 aromatic carbocycles. The predicted molar refractivity (Wildman–Crippen MR) is 80.5 cm³/mol. The van der Waals surface area contributed by atoms with Crippen LogP contribution in [-0.2, 0) is 0 Å². The molecule has 0 bridgehead atoms. The standard InChI is InChI=1S/C17H27NO/c1-4-18(15-8-6-5-7-9-15)14(3)16-12-13(2)10-11-17(16)19/h10-12,14-15,19H,4-9H2,1-3H3. The van der Waals surface area contributed by atoms with Crippen LogP contribution in [0, 0.1) is 6.92 Å². The molecule has 1 fully saturated rings. The van der Waals surface area contributed by atoms with Crippen LogP contribution in [-0.4, -0.2) is 22.6 Å². The van der Waals surface area contributed by atoms with Crippen LogP contribution in [0.4, 0.5) is 0 Å². The molecule has 1 atom stereocenters. The molecule has 0 aromatic heterocycles. The van der Waals surface area contributed by atoms with E-state index in [2.05, 4.69) is 31.7 Å². The Hall–Kier alpha value is -1.02. The number of phenolic OH excluding ortho intramolecular Hbond substituents is 1. The average Bonchev–Trinajstić information content (AvgIpc) is 2.43. The molecule has 2 nitrogen and oxygen atoms in total. The number of phenols is 1. The summed E-state index contributed by atoms with van der Waals surface area (Å²) in [6, 6.07) is 6.92. The Morgan fingerprint density at radius 1 is 1.26 bits per heavy atom. The predicted octanol–water partition coefficient (Wildman–Crippen LogP) is 4.42. The van der Waals surface area contributed by atoms with Crippen LogP contribution in [0.25, 0.3) is 0 Å². The van der Waals surface area contributed by atoms with Crippen molar-refractivity contribution in [3.63, 3.8) is 0 Å². The highest BCUT2D eigenvalue weighted by atomic mass is 16.3. The van der Waals surface area contributed by atoms with Crippen LogP contribution in [0.1, 0.15) is 63.1 Å². The van der Waals surface area contributed by atoms with Gasteiger partial charge in [-0.1, -0.05) is 43.9 Å². The first-order chi connectivity index (χ1) is 9.13. The molecule has 106 valence electrons. The fraction of sp³-hybridized carbons (Fsp3) is 0.647. The van der Waals surface area contributed by atoms with Gasteiger partial charge in [0.2, 0.25) is 0 Å². The Labute approximate surface area is 117 Å². The molecule has 0 saturated heterocycles. The van der Waals surface area contributed by atoms with Gasteiger partial charge in [-0.2, -0.15) is 0 Å². The van der Waals surface area contributed by atoms with Crippen molar-refractivity contribution in [1.82, 2.24) is 4.90 Å². The summed E-state index contributed by atoms with van der Waals surface area (Å²) in [5, 5.41) is 10.1. The van der Waals surface area contributed by atoms with E-state index in [1.165, 1.54) is 37.7 Å². The summed E-state index contributed by atoms with van der Waals surface area (Å²) >= 11 is 0. The minimum atomic E-state index is 0.299. The molecule has 0 spiro atoms. The van der Waals surface area contributed by atoms with Gasteiger partial charge in [0, 0.05) is 17.6 Å². The lowest BCUT2D eigenvalue weighted by molar-refractivity contribution is 0.118. The van der Waals surface area contributed by atoms with Gasteiger partial charge < -0.3 is 5.11 Å². The van der Waals surface area contributed by atoms with Crippen molar-refractivity contribution in [1.29, 1.82) is 0 Å². The van der Waals surface area contributed by atoms with Crippen molar-refractivity contribution in [2.75, 3.05) is 6.54 Å². The van der Waals surface area contributed by atoms with E-state index in [-0.39, 0.29) is 0 Å². The zero-order chi connectivity index (χ0) is 13.8. The molecule has 1 aromatic rings. The maximum atomic E-state index is 10.1. The number of hydrogen-bond donors (Lipinski definition) is 1. The number of aryl methyl sites for hydroxylation is 1. The maximum Gasteiger partial charge on any atom is 0.120 e. The smallest absolute Gasteiger partial charge is 0.120 e. The molecule has 1 aliphatic rings. The molecule has 1 N–H and O–H groups in total. The number of hydrogen-bond acceptors (Lipinski definition) is 2. The number of benzene rings is 1. The molecular weight excluding hydrogens is 234 g/mol. The monoisotopic (exact) mass is 261 g/mol. The van der Waals surface area contributed by atoms with Gasteiger partial charge in [0.15, 0.2) is 0 Å². The summed E-state index contributed by atoms with van der Waals surface area (Å²) in [4.78, 5) is 2.56. The highest BCUT2D eigenvalue weighted by molar-refractivity contribution is 5.37. The molecule has 0 heterocycles. The molecule has 2 heteroatoms. The van der Waals surface area contributed by atoms with Crippen molar-refractivity contribution >= 4 is 0 Å². The summed E-state index contributed by atoms with van der Waals surface area (Å²) in [6.07, 6.45) is 6.72. The topological polar surface area (TPSA) is 23.5 Å². The highest BCUT2D eigenvalue weighted by Gasteiger charge is 2.26. The maximum absolute atomic E-state index is 10.1. The van der Waals surface area contributed by atoms with Gasteiger partial charge in [-0.3, -0.25) is 4.90 Å². The zero-order valence-electron chi connectivity index (χ0n) is 12.5. The first kappa shape index (κ1) is 14.4. The second-order valence-corrected chi connectivity index (χ2v) is 5.86. The fourth-order valence-corrected chi connectivity index (χ4v) is 3.45. The Balaban J connectivity index is 2.19. The van der Waals surface area contributed by atoms with E-state index in [0.717, 1.165) is 12.1 Å². The minimum absolute atomic E-state index is 0.299. The Morgan fingerprint density at radius 3 is 2.58 bits per heavy atom. The van der Waals surface area contributed by atoms with Crippen molar-refractivity contribution in [2.45, 2.75) is 65.0 Å². The fourth-order valence-electron chi connectivity index (χ4n) is 3.45. The highest BCUT2D eigenvalue weighted by Crippen LogP contribution is 2.33. The third-order valence-corrected chi connectivity index (χ3v) is 4.54. The molecule has 1 unspecified atom stereocenters. The third-order valence-electron chi connectivity index (χ3n) is 4.54. The first-order valence-electron chi connectivity index (χ1n) is 7.68. The van der Waals surface area contributed by atoms with Gasteiger partial charge in [-0.15, -0.1) is 0 Å². The van der Waals surface area contributed by atoms with E-state index in [9.17, 15) is 5.11 Å².